The molecule has 1 aromatic carbocycles. The van der Waals surface area contributed by atoms with E-state index in [0.717, 1.165) is 19.4 Å². The zero-order valence-electron chi connectivity index (χ0n) is 11.0. The Bertz CT molecular complexity index is 346. The zero-order valence-corrected chi connectivity index (χ0v) is 11.0. The van der Waals surface area contributed by atoms with E-state index in [1.165, 1.54) is 6.07 Å². The van der Waals surface area contributed by atoms with E-state index in [2.05, 4.69) is 11.8 Å². The SMILES string of the molecule is CCCCN(CCO)C(CN)c1ccccc1F. The van der Waals surface area contributed by atoms with Crippen molar-refractivity contribution < 1.29 is 9.50 Å². The van der Waals surface area contributed by atoms with Crippen molar-refractivity contribution in [2.75, 3.05) is 26.2 Å². The van der Waals surface area contributed by atoms with Crippen molar-refractivity contribution in [3.63, 3.8) is 0 Å². The Hall–Kier alpha value is -0.970. The van der Waals surface area contributed by atoms with Crippen molar-refractivity contribution in [3.05, 3.63) is 35.6 Å². The van der Waals surface area contributed by atoms with Crippen molar-refractivity contribution in [1.82, 2.24) is 4.90 Å². The van der Waals surface area contributed by atoms with Gasteiger partial charge in [0.15, 0.2) is 0 Å². The monoisotopic (exact) mass is 254 g/mol. The largest absolute Gasteiger partial charge is 0.395 e. The molecule has 0 heterocycles. The second-order valence-corrected chi connectivity index (χ2v) is 4.39. The summed E-state index contributed by atoms with van der Waals surface area (Å²) < 4.78 is 13.8. The van der Waals surface area contributed by atoms with Crippen LogP contribution in [0.1, 0.15) is 31.4 Å². The van der Waals surface area contributed by atoms with Crippen LogP contribution in [0.15, 0.2) is 24.3 Å². The van der Waals surface area contributed by atoms with Gasteiger partial charge in [0.05, 0.1) is 6.61 Å². The van der Waals surface area contributed by atoms with Crippen LogP contribution >= 0.6 is 0 Å². The van der Waals surface area contributed by atoms with Crippen LogP contribution in [-0.4, -0.2) is 36.2 Å². The molecule has 0 saturated carbocycles. The molecular formula is C14H23FN2O. The molecule has 1 aromatic rings. The number of halogens is 1. The second-order valence-electron chi connectivity index (χ2n) is 4.39. The molecule has 0 aromatic heterocycles. The minimum absolute atomic E-state index is 0.0642. The Morgan fingerprint density at radius 2 is 2.06 bits per heavy atom. The Labute approximate surface area is 108 Å². The van der Waals surface area contributed by atoms with Gasteiger partial charge in [-0.3, -0.25) is 4.90 Å². The van der Waals surface area contributed by atoms with Gasteiger partial charge in [0.1, 0.15) is 5.82 Å². The molecular weight excluding hydrogens is 231 g/mol. The van der Waals surface area contributed by atoms with Crippen LogP contribution in [0.4, 0.5) is 4.39 Å². The van der Waals surface area contributed by atoms with E-state index in [-0.39, 0.29) is 18.5 Å². The highest BCUT2D eigenvalue weighted by molar-refractivity contribution is 5.21. The van der Waals surface area contributed by atoms with E-state index in [1.54, 1.807) is 12.1 Å². The highest BCUT2D eigenvalue weighted by Gasteiger charge is 2.20. The molecule has 0 fully saturated rings. The summed E-state index contributed by atoms with van der Waals surface area (Å²) in [4.78, 5) is 2.06. The molecule has 0 amide bonds. The third-order valence-corrected chi connectivity index (χ3v) is 3.11. The predicted octanol–water partition coefficient (Wildman–Crippen LogP) is 1.92. The first-order valence-corrected chi connectivity index (χ1v) is 6.54. The average Bonchev–Trinajstić information content (AvgIpc) is 2.38. The minimum Gasteiger partial charge on any atom is -0.395 e. The van der Waals surface area contributed by atoms with Crippen LogP contribution in [-0.2, 0) is 0 Å². The fourth-order valence-electron chi connectivity index (χ4n) is 2.13. The lowest BCUT2D eigenvalue weighted by molar-refractivity contribution is 0.149. The summed E-state index contributed by atoms with van der Waals surface area (Å²) in [6.07, 6.45) is 2.08. The number of benzene rings is 1. The lowest BCUT2D eigenvalue weighted by Gasteiger charge is -2.30. The molecule has 3 nitrogen and oxygen atoms in total. The maximum atomic E-state index is 13.8. The molecule has 0 aliphatic heterocycles. The van der Waals surface area contributed by atoms with Crippen molar-refractivity contribution in [3.8, 4) is 0 Å². The molecule has 0 spiro atoms. The standard InChI is InChI=1S/C14H23FN2O/c1-2-3-8-17(9-10-18)14(11-16)12-6-4-5-7-13(12)15/h4-7,14,18H,2-3,8-11,16H2,1H3. The first kappa shape index (κ1) is 15.1. The number of unbranched alkanes of at least 4 members (excludes halogenated alkanes) is 1. The van der Waals surface area contributed by atoms with Gasteiger partial charge in [-0.05, 0) is 19.0 Å². The van der Waals surface area contributed by atoms with Gasteiger partial charge < -0.3 is 10.8 Å². The molecule has 0 aliphatic rings. The van der Waals surface area contributed by atoms with Crippen LogP contribution in [0.25, 0.3) is 0 Å². The molecule has 1 unspecified atom stereocenters. The fraction of sp³-hybridized carbons (Fsp3) is 0.571. The van der Waals surface area contributed by atoms with Gasteiger partial charge in [-0.1, -0.05) is 31.5 Å². The Balaban J connectivity index is 2.87. The lowest BCUT2D eigenvalue weighted by atomic mass is 10.0. The van der Waals surface area contributed by atoms with Crippen LogP contribution in [0.3, 0.4) is 0 Å². The van der Waals surface area contributed by atoms with Crippen LogP contribution in [0.5, 0.6) is 0 Å². The predicted molar refractivity (Wildman–Crippen MR) is 71.8 cm³/mol. The number of aliphatic hydroxyl groups is 1. The minimum atomic E-state index is -0.229. The van der Waals surface area contributed by atoms with Gasteiger partial charge >= 0.3 is 0 Å². The number of hydrogen-bond donors (Lipinski definition) is 2. The first-order valence-electron chi connectivity index (χ1n) is 6.54. The third-order valence-electron chi connectivity index (χ3n) is 3.11. The topological polar surface area (TPSA) is 49.5 Å². The van der Waals surface area contributed by atoms with E-state index >= 15 is 0 Å². The number of nitrogens with zero attached hydrogens (tertiary/aromatic N) is 1. The zero-order chi connectivity index (χ0) is 13.4. The maximum Gasteiger partial charge on any atom is 0.128 e. The summed E-state index contributed by atoms with van der Waals surface area (Å²) >= 11 is 0. The van der Waals surface area contributed by atoms with Gasteiger partial charge in [-0.15, -0.1) is 0 Å². The van der Waals surface area contributed by atoms with Crippen LogP contribution in [0, 0.1) is 5.82 Å². The van der Waals surface area contributed by atoms with Gasteiger partial charge in [0, 0.05) is 24.7 Å². The van der Waals surface area contributed by atoms with E-state index in [4.69, 9.17) is 10.8 Å². The second kappa shape index (κ2) is 8.19. The van der Waals surface area contributed by atoms with Gasteiger partial charge in [-0.25, -0.2) is 4.39 Å². The molecule has 1 rings (SSSR count). The number of hydrogen-bond acceptors (Lipinski definition) is 3. The Kier molecular flexibility index (Phi) is 6.86. The molecule has 4 heteroatoms. The number of rotatable bonds is 8. The van der Waals surface area contributed by atoms with Crippen molar-refractivity contribution in [1.29, 1.82) is 0 Å². The van der Waals surface area contributed by atoms with E-state index in [1.807, 2.05) is 6.07 Å². The van der Waals surface area contributed by atoms with Crippen molar-refractivity contribution in [2.45, 2.75) is 25.8 Å². The summed E-state index contributed by atoms with van der Waals surface area (Å²) in [6, 6.07) is 6.55. The first-order chi connectivity index (χ1) is 8.74. The average molecular weight is 254 g/mol. The summed E-state index contributed by atoms with van der Waals surface area (Å²) in [5.74, 6) is -0.229. The molecule has 102 valence electrons. The molecule has 0 bridgehead atoms. The van der Waals surface area contributed by atoms with Crippen molar-refractivity contribution in [2.24, 2.45) is 5.73 Å². The van der Waals surface area contributed by atoms with E-state index in [0.29, 0.717) is 18.7 Å². The molecule has 3 N–H and O–H groups in total. The molecule has 0 saturated heterocycles. The molecule has 0 aliphatic carbocycles. The van der Waals surface area contributed by atoms with Gasteiger partial charge in [0.25, 0.3) is 0 Å². The van der Waals surface area contributed by atoms with E-state index in [9.17, 15) is 4.39 Å². The number of aliphatic hydroxyl groups excluding tert-OH is 1. The van der Waals surface area contributed by atoms with Gasteiger partial charge in [-0.2, -0.15) is 0 Å². The third kappa shape index (κ3) is 4.05. The summed E-state index contributed by atoms with van der Waals surface area (Å²) in [5.41, 5.74) is 6.40. The van der Waals surface area contributed by atoms with Crippen molar-refractivity contribution >= 4 is 0 Å². The smallest absolute Gasteiger partial charge is 0.128 e. The van der Waals surface area contributed by atoms with Gasteiger partial charge in [0.2, 0.25) is 0 Å². The normalized spacial score (nSPS) is 12.9. The highest BCUT2D eigenvalue weighted by atomic mass is 19.1. The van der Waals surface area contributed by atoms with E-state index < -0.39 is 0 Å². The fourth-order valence-corrected chi connectivity index (χ4v) is 2.13. The Morgan fingerprint density at radius 1 is 1.33 bits per heavy atom. The maximum absolute atomic E-state index is 13.8. The molecule has 1 atom stereocenters. The van der Waals surface area contributed by atoms with Crippen LogP contribution in [0.2, 0.25) is 0 Å². The summed E-state index contributed by atoms with van der Waals surface area (Å²) in [6.45, 7) is 3.88. The summed E-state index contributed by atoms with van der Waals surface area (Å²) in [7, 11) is 0. The molecule has 18 heavy (non-hydrogen) atoms. The summed E-state index contributed by atoms with van der Waals surface area (Å²) in [5, 5.41) is 9.12. The Morgan fingerprint density at radius 3 is 2.61 bits per heavy atom. The van der Waals surface area contributed by atoms with Crippen LogP contribution < -0.4 is 5.73 Å². The lowest BCUT2D eigenvalue weighted by Crippen LogP contribution is -2.37. The molecule has 0 radical (unpaired) electrons. The number of nitrogens with two attached hydrogens (primary N) is 1. The quantitative estimate of drug-likeness (QED) is 0.745. The highest BCUT2D eigenvalue weighted by Crippen LogP contribution is 2.22.